The van der Waals surface area contributed by atoms with Gasteiger partial charge in [0, 0.05) is 11.6 Å². The van der Waals surface area contributed by atoms with Gasteiger partial charge in [-0.25, -0.2) is 22.0 Å². The summed E-state index contributed by atoms with van der Waals surface area (Å²) in [4.78, 5) is 0. The Hall–Kier alpha value is -1.79. The summed E-state index contributed by atoms with van der Waals surface area (Å²) in [5, 5.41) is 0. The van der Waals surface area contributed by atoms with Crippen LogP contribution in [0.15, 0.2) is 24.0 Å². The highest BCUT2D eigenvalue weighted by Gasteiger charge is 2.23. The highest BCUT2D eigenvalue weighted by Crippen LogP contribution is 2.34. The van der Waals surface area contributed by atoms with Crippen LogP contribution in [0.4, 0.5) is 30.7 Å². The summed E-state index contributed by atoms with van der Waals surface area (Å²) < 4.78 is 89.0. The monoisotopic (exact) mass is 270 g/mol. The van der Waals surface area contributed by atoms with Gasteiger partial charge in [0.05, 0.1) is 5.56 Å². The predicted octanol–water partition coefficient (Wildman–Crippen LogP) is 5.13. The molecule has 0 aromatic heterocycles. The van der Waals surface area contributed by atoms with E-state index in [1.165, 1.54) is 0 Å². The summed E-state index contributed by atoms with van der Waals surface area (Å²) in [7, 11) is 0. The van der Waals surface area contributed by atoms with Crippen LogP contribution in [-0.4, -0.2) is 0 Å². The maximum absolute atomic E-state index is 13.2. The third kappa shape index (κ3) is 2.72. The van der Waals surface area contributed by atoms with Crippen molar-refractivity contribution in [3.8, 4) is 0 Å². The van der Waals surface area contributed by atoms with Crippen molar-refractivity contribution < 1.29 is 30.7 Å². The Balaban J connectivity index is 3.71. The number of allylic oxidation sites excluding steroid dienone is 1. The van der Waals surface area contributed by atoms with E-state index in [-0.39, 0.29) is 12.1 Å². The molecule has 7 heteroatoms. The Labute approximate surface area is 97.0 Å². The molecular weight excluding hydrogens is 265 g/mol. The molecule has 0 saturated carbocycles. The molecule has 0 nitrogen and oxygen atoms in total. The Morgan fingerprint density at radius 2 is 1.44 bits per heavy atom. The molecular formula is C11H5F7. The number of halogens is 7. The van der Waals surface area contributed by atoms with Gasteiger partial charge in [-0.2, -0.15) is 8.78 Å². The fourth-order valence-electron chi connectivity index (χ4n) is 1.25. The second kappa shape index (κ2) is 5.24. The average Bonchev–Trinajstić information content (AvgIpc) is 2.25. The number of benzene rings is 1. The maximum Gasteiger partial charge on any atom is 0.306 e. The average molecular weight is 270 g/mol. The summed E-state index contributed by atoms with van der Waals surface area (Å²) in [6.07, 6.45) is -2.92. The van der Waals surface area contributed by atoms with Crippen molar-refractivity contribution in [2.75, 3.05) is 0 Å². The minimum absolute atomic E-state index is 0.0855. The maximum atomic E-state index is 13.2. The molecule has 18 heavy (non-hydrogen) atoms. The van der Waals surface area contributed by atoms with Crippen LogP contribution in [-0.2, 0) is 0 Å². The zero-order valence-electron chi connectivity index (χ0n) is 8.80. The minimum atomic E-state index is -2.92. The van der Waals surface area contributed by atoms with Crippen molar-refractivity contribution >= 4 is 11.7 Å². The lowest BCUT2D eigenvalue weighted by Gasteiger charge is -2.07. The van der Waals surface area contributed by atoms with E-state index in [4.69, 9.17) is 0 Å². The lowest BCUT2D eigenvalue weighted by atomic mass is 10.0. The van der Waals surface area contributed by atoms with Crippen molar-refractivity contribution in [3.63, 3.8) is 0 Å². The summed E-state index contributed by atoms with van der Waals surface area (Å²) >= 11 is 0. The fourth-order valence-corrected chi connectivity index (χ4v) is 1.25. The van der Waals surface area contributed by atoms with Crippen molar-refractivity contribution in [1.29, 1.82) is 0 Å². The quantitative estimate of drug-likeness (QED) is 0.654. The van der Waals surface area contributed by atoms with E-state index < -0.39 is 46.3 Å². The van der Waals surface area contributed by atoms with Gasteiger partial charge in [-0.1, -0.05) is 0 Å². The lowest BCUT2D eigenvalue weighted by molar-refractivity contribution is 0.409. The largest absolute Gasteiger partial charge is 0.306 e. The molecule has 0 aliphatic heterocycles. The Kier molecular flexibility index (Phi) is 4.15. The summed E-state index contributed by atoms with van der Waals surface area (Å²) in [6, 6.07) is 0.307. The molecule has 0 atom stereocenters. The Bertz CT molecular complexity index is 535. The van der Waals surface area contributed by atoms with Crippen molar-refractivity contribution in [2.24, 2.45) is 0 Å². The normalized spacial score (nSPS) is 12.2. The first-order valence-corrected chi connectivity index (χ1v) is 4.48. The van der Waals surface area contributed by atoms with E-state index >= 15 is 0 Å². The third-order valence-electron chi connectivity index (χ3n) is 1.98. The van der Waals surface area contributed by atoms with Gasteiger partial charge >= 0.3 is 6.08 Å². The zero-order chi connectivity index (χ0) is 14.0. The molecule has 0 aliphatic rings. The van der Waals surface area contributed by atoms with E-state index in [2.05, 4.69) is 0 Å². The fraction of sp³-hybridized carbons (Fsp3) is 0.0909. The number of hydrogen-bond donors (Lipinski definition) is 0. The molecule has 0 saturated heterocycles. The standard InChI is InChI=1S/C11H5F7/c1-4(12)9(15)6-2-5(13)3-7(14)8(6)10(16)11(17)18/h2-3H,1H3/b9-4+. The molecule has 0 bridgehead atoms. The zero-order valence-corrected chi connectivity index (χ0v) is 8.80. The highest BCUT2D eigenvalue weighted by molar-refractivity contribution is 5.75. The topological polar surface area (TPSA) is 0 Å². The van der Waals surface area contributed by atoms with E-state index in [0.717, 1.165) is 0 Å². The summed E-state index contributed by atoms with van der Waals surface area (Å²) in [5.74, 6) is -8.83. The molecule has 0 radical (unpaired) electrons. The molecule has 1 rings (SSSR count). The van der Waals surface area contributed by atoms with Gasteiger partial charge in [-0.3, -0.25) is 0 Å². The SMILES string of the molecule is C/C(F)=C(\F)c1cc(F)cc(F)c1C(F)=C(F)F. The summed E-state index contributed by atoms with van der Waals surface area (Å²) in [6.45, 7) is 0.593. The van der Waals surface area contributed by atoms with Gasteiger partial charge in [0.2, 0.25) is 0 Å². The molecule has 1 aromatic carbocycles. The first-order chi connectivity index (χ1) is 8.25. The second-order valence-corrected chi connectivity index (χ2v) is 3.23. The van der Waals surface area contributed by atoms with Crippen LogP contribution < -0.4 is 0 Å². The van der Waals surface area contributed by atoms with Gasteiger partial charge in [-0.15, -0.1) is 0 Å². The highest BCUT2D eigenvalue weighted by atomic mass is 19.3. The minimum Gasteiger partial charge on any atom is -0.209 e. The van der Waals surface area contributed by atoms with Crippen LogP contribution in [0.5, 0.6) is 0 Å². The molecule has 0 fully saturated rings. The van der Waals surface area contributed by atoms with Crippen LogP contribution in [0, 0.1) is 11.6 Å². The van der Waals surface area contributed by atoms with E-state index in [1.807, 2.05) is 0 Å². The van der Waals surface area contributed by atoms with Crippen LogP contribution in [0.2, 0.25) is 0 Å². The lowest BCUT2D eigenvalue weighted by Crippen LogP contribution is -1.97. The van der Waals surface area contributed by atoms with E-state index in [9.17, 15) is 30.7 Å². The number of hydrogen-bond acceptors (Lipinski definition) is 0. The van der Waals surface area contributed by atoms with Gasteiger partial charge in [0.15, 0.2) is 11.7 Å². The molecule has 0 N–H and O–H groups in total. The van der Waals surface area contributed by atoms with Gasteiger partial charge in [0.1, 0.15) is 17.5 Å². The molecule has 1 aromatic rings. The molecule has 0 heterocycles. The predicted molar refractivity (Wildman–Crippen MR) is 51.4 cm³/mol. The van der Waals surface area contributed by atoms with Crippen molar-refractivity contribution in [3.05, 3.63) is 46.8 Å². The summed E-state index contributed by atoms with van der Waals surface area (Å²) in [5.41, 5.74) is -2.77. The van der Waals surface area contributed by atoms with Crippen molar-refractivity contribution in [1.82, 2.24) is 0 Å². The molecule has 98 valence electrons. The molecule has 0 spiro atoms. The van der Waals surface area contributed by atoms with Crippen LogP contribution in [0.3, 0.4) is 0 Å². The Morgan fingerprint density at radius 1 is 0.889 bits per heavy atom. The first-order valence-electron chi connectivity index (χ1n) is 4.48. The van der Waals surface area contributed by atoms with Crippen LogP contribution in [0.25, 0.3) is 11.7 Å². The second-order valence-electron chi connectivity index (χ2n) is 3.23. The number of rotatable bonds is 2. The molecule has 0 aliphatic carbocycles. The van der Waals surface area contributed by atoms with Gasteiger partial charge in [-0.05, 0) is 13.0 Å². The van der Waals surface area contributed by atoms with Gasteiger partial charge < -0.3 is 0 Å². The van der Waals surface area contributed by atoms with Crippen molar-refractivity contribution in [2.45, 2.75) is 6.92 Å². The third-order valence-corrected chi connectivity index (χ3v) is 1.98. The Morgan fingerprint density at radius 3 is 1.89 bits per heavy atom. The molecule has 0 amide bonds. The first kappa shape index (κ1) is 14.3. The van der Waals surface area contributed by atoms with Gasteiger partial charge in [0.25, 0.3) is 0 Å². The molecule has 0 unspecified atom stereocenters. The van der Waals surface area contributed by atoms with E-state index in [0.29, 0.717) is 6.92 Å². The van der Waals surface area contributed by atoms with E-state index in [1.54, 1.807) is 0 Å². The van der Waals surface area contributed by atoms with Crippen LogP contribution >= 0.6 is 0 Å². The smallest absolute Gasteiger partial charge is 0.209 e. The van der Waals surface area contributed by atoms with Crippen LogP contribution in [0.1, 0.15) is 18.1 Å².